The fourth-order valence-electron chi connectivity index (χ4n) is 6.22. The lowest BCUT2D eigenvalue weighted by Crippen LogP contribution is -2.33. The van der Waals surface area contributed by atoms with Gasteiger partial charge in [-0.3, -0.25) is 4.98 Å². The van der Waals surface area contributed by atoms with Crippen molar-refractivity contribution < 1.29 is 0 Å². The highest BCUT2D eigenvalue weighted by molar-refractivity contribution is 7.80. The fraction of sp³-hybridized carbons (Fsp3) is 0.312. The molecule has 0 bridgehead atoms. The van der Waals surface area contributed by atoms with Gasteiger partial charge in [0.2, 0.25) is 0 Å². The average Bonchev–Trinajstić information content (AvgIpc) is 3.45. The van der Waals surface area contributed by atoms with Crippen LogP contribution in [0.1, 0.15) is 54.5 Å². The Kier molecular flexibility index (Phi) is 7.94. The standard InChI is InChI=1S/C32H32Cl3N5S/c1-19-11-14-38(15-12-19)28-10-8-23(18-26(28)35)40-31(30(37-32(40)41)27-6-4-5-13-36-27)24-16-20(2)39(21(24)3)29-9-7-22(33)17-25(29)34/h4-10,13,16-19,30-31H,11-12,14-15H2,1-3H3,(H,37,41)/t30-,31+/m1/s1. The molecule has 2 aliphatic heterocycles. The van der Waals surface area contributed by atoms with Crippen LogP contribution in [0.2, 0.25) is 15.1 Å². The minimum atomic E-state index is -0.166. The predicted octanol–water partition coefficient (Wildman–Crippen LogP) is 8.86. The minimum absolute atomic E-state index is 0.166. The predicted molar refractivity (Wildman–Crippen MR) is 175 cm³/mol. The van der Waals surface area contributed by atoms with Crippen molar-refractivity contribution in [3.8, 4) is 5.69 Å². The Morgan fingerprint density at radius 3 is 2.32 bits per heavy atom. The molecular formula is C32H32Cl3N5S. The van der Waals surface area contributed by atoms with E-state index in [1.807, 2.05) is 42.6 Å². The number of nitrogens with one attached hydrogen (secondary N) is 1. The molecule has 6 rings (SSSR count). The molecule has 2 aliphatic rings. The molecule has 0 unspecified atom stereocenters. The van der Waals surface area contributed by atoms with Gasteiger partial charge in [-0.2, -0.15) is 0 Å². The van der Waals surface area contributed by atoms with Crippen LogP contribution in [-0.4, -0.2) is 27.8 Å². The summed E-state index contributed by atoms with van der Waals surface area (Å²) in [5.74, 6) is 0.753. The van der Waals surface area contributed by atoms with Gasteiger partial charge in [0, 0.05) is 41.4 Å². The van der Waals surface area contributed by atoms with Gasteiger partial charge in [0.1, 0.15) is 0 Å². The maximum atomic E-state index is 6.97. The van der Waals surface area contributed by atoms with Crippen molar-refractivity contribution in [3.63, 3.8) is 0 Å². The molecule has 0 spiro atoms. The van der Waals surface area contributed by atoms with Crippen LogP contribution in [0.15, 0.2) is 66.9 Å². The molecule has 0 radical (unpaired) electrons. The summed E-state index contributed by atoms with van der Waals surface area (Å²) in [6.45, 7) is 8.57. The molecule has 212 valence electrons. The van der Waals surface area contributed by atoms with Gasteiger partial charge in [0.05, 0.1) is 39.2 Å². The number of aromatic nitrogens is 2. The number of halogens is 3. The molecule has 2 saturated heterocycles. The zero-order valence-electron chi connectivity index (χ0n) is 23.2. The van der Waals surface area contributed by atoms with Crippen LogP contribution in [-0.2, 0) is 0 Å². The number of rotatable bonds is 5. The Morgan fingerprint density at radius 1 is 0.902 bits per heavy atom. The van der Waals surface area contributed by atoms with Crippen LogP contribution in [0.4, 0.5) is 11.4 Å². The van der Waals surface area contributed by atoms with E-state index in [-0.39, 0.29) is 12.1 Å². The molecule has 2 atom stereocenters. The molecule has 9 heteroatoms. The summed E-state index contributed by atoms with van der Waals surface area (Å²) in [6, 6.07) is 19.8. The molecule has 4 heterocycles. The van der Waals surface area contributed by atoms with Gasteiger partial charge < -0.3 is 19.7 Å². The van der Waals surface area contributed by atoms with E-state index in [0.717, 1.165) is 63.7 Å². The first-order chi connectivity index (χ1) is 19.7. The molecule has 0 saturated carbocycles. The average molecular weight is 625 g/mol. The highest BCUT2D eigenvalue weighted by Crippen LogP contribution is 2.45. The summed E-state index contributed by atoms with van der Waals surface area (Å²) in [7, 11) is 0. The molecular weight excluding hydrogens is 593 g/mol. The van der Waals surface area contributed by atoms with Crippen LogP contribution >= 0.6 is 47.0 Å². The van der Waals surface area contributed by atoms with Crippen molar-refractivity contribution in [1.82, 2.24) is 14.9 Å². The molecule has 41 heavy (non-hydrogen) atoms. The molecule has 4 aromatic rings. The van der Waals surface area contributed by atoms with E-state index >= 15 is 0 Å². The second-order valence-electron chi connectivity index (χ2n) is 11.1. The minimum Gasteiger partial charge on any atom is -0.370 e. The third kappa shape index (κ3) is 5.32. The number of aryl methyl sites for hydroxylation is 1. The van der Waals surface area contributed by atoms with E-state index in [1.165, 1.54) is 12.8 Å². The summed E-state index contributed by atoms with van der Waals surface area (Å²) >= 11 is 25.9. The number of pyridine rings is 1. The lowest BCUT2D eigenvalue weighted by Gasteiger charge is -2.33. The van der Waals surface area contributed by atoms with Crippen molar-refractivity contribution in [1.29, 1.82) is 0 Å². The first kappa shape index (κ1) is 28.4. The van der Waals surface area contributed by atoms with E-state index in [1.54, 1.807) is 6.07 Å². The van der Waals surface area contributed by atoms with Gasteiger partial charge in [0.25, 0.3) is 0 Å². The quantitative estimate of drug-likeness (QED) is 0.225. The third-order valence-corrected chi connectivity index (χ3v) is 9.53. The monoisotopic (exact) mass is 623 g/mol. The van der Waals surface area contributed by atoms with Gasteiger partial charge in [-0.1, -0.05) is 47.8 Å². The Labute approximate surface area is 262 Å². The van der Waals surface area contributed by atoms with Crippen molar-refractivity contribution in [2.45, 2.75) is 45.7 Å². The van der Waals surface area contributed by atoms with E-state index in [4.69, 9.17) is 52.0 Å². The maximum absolute atomic E-state index is 6.97. The number of anilines is 2. The number of benzene rings is 2. The summed E-state index contributed by atoms with van der Waals surface area (Å²) in [5, 5.41) is 6.14. The number of hydrogen-bond donors (Lipinski definition) is 1. The van der Waals surface area contributed by atoms with Gasteiger partial charge >= 0.3 is 0 Å². The van der Waals surface area contributed by atoms with E-state index < -0.39 is 0 Å². The molecule has 5 nitrogen and oxygen atoms in total. The SMILES string of the molecule is Cc1cc([C@H]2[C@@H](c3ccccn3)NC(=S)N2c2ccc(N3CCC(C)CC3)c(Cl)c2)c(C)n1-c1ccc(Cl)cc1Cl. The molecule has 0 amide bonds. The van der Waals surface area contributed by atoms with E-state index in [2.05, 4.69) is 58.7 Å². The Morgan fingerprint density at radius 2 is 1.63 bits per heavy atom. The first-order valence-corrected chi connectivity index (χ1v) is 15.5. The van der Waals surface area contributed by atoms with Crippen LogP contribution in [0.3, 0.4) is 0 Å². The number of thiocarbonyl (C=S) groups is 1. The van der Waals surface area contributed by atoms with Gasteiger partial charge in [0.15, 0.2) is 5.11 Å². The number of hydrogen-bond acceptors (Lipinski definition) is 3. The third-order valence-electron chi connectivity index (χ3n) is 8.37. The molecule has 2 fully saturated rings. The maximum Gasteiger partial charge on any atom is 0.174 e. The van der Waals surface area contributed by atoms with Crippen LogP contribution in [0, 0.1) is 19.8 Å². The molecule has 1 N–H and O–H groups in total. The molecule has 0 aliphatic carbocycles. The normalized spacial score (nSPS) is 19.6. The summed E-state index contributed by atoms with van der Waals surface area (Å²) in [6.07, 6.45) is 4.18. The fourth-order valence-corrected chi connectivity index (χ4v) is 7.35. The second-order valence-corrected chi connectivity index (χ2v) is 12.7. The van der Waals surface area contributed by atoms with Gasteiger partial charge in [-0.15, -0.1) is 0 Å². The summed E-state index contributed by atoms with van der Waals surface area (Å²) in [5.41, 5.74) is 7.08. The van der Waals surface area contributed by atoms with E-state index in [0.29, 0.717) is 15.2 Å². The van der Waals surface area contributed by atoms with Crippen molar-refractivity contribution >= 4 is 63.5 Å². The smallest absolute Gasteiger partial charge is 0.174 e. The summed E-state index contributed by atoms with van der Waals surface area (Å²) in [4.78, 5) is 9.29. The van der Waals surface area contributed by atoms with Crippen LogP contribution < -0.4 is 15.1 Å². The van der Waals surface area contributed by atoms with E-state index in [9.17, 15) is 0 Å². The zero-order valence-corrected chi connectivity index (χ0v) is 26.3. The highest BCUT2D eigenvalue weighted by Gasteiger charge is 2.42. The Balaban J connectivity index is 1.45. The summed E-state index contributed by atoms with van der Waals surface area (Å²) < 4.78 is 2.18. The zero-order chi connectivity index (χ0) is 28.8. The number of nitrogens with zero attached hydrogens (tertiary/aromatic N) is 4. The largest absolute Gasteiger partial charge is 0.370 e. The topological polar surface area (TPSA) is 36.3 Å². The Bertz CT molecular complexity index is 1600. The second kappa shape index (κ2) is 11.5. The van der Waals surface area contributed by atoms with Gasteiger partial charge in [-0.05, 0) is 105 Å². The van der Waals surface area contributed by atoms with Crippen molar-refractivity contribution in [2.75, 3.05) is 22.9 Å². The first-order valence-electron chi connectivity index (χ1n) is 13.9. The lowest BCUT2D eigenvalue weighted by molar-refractivity contribution is 0.438. The number of piperidine rings is 1. The van der Waals surface area contributed by atoms with Crippen LogP contribution in [0.25, 0.3) is 5.69 Å². The van der Waals surface area contributed by atoms with Gasteiger partial charge in [-0.25, -0.2) is 0 Å². The Hall–Kier alpha value is -2.77. The highest BCUT2D eigenvalue weighted by atomic mass is 35.5. The lowest BCUT2D eigenvalue weighted by atomic mass is 9.96. The van der Waals surface area contributed by atoms with Crippen LogP contribution in [0.5, 0.6) is 0 Å². The molecule has 2 aromatic heterocycles. The van der Waals surface area contributed by atoms with Crippen molar-refractivity contribution in [3.05, 3.63) is 105 Å². The molecule has 2 aromatic carbocycles. The van der Waals surface area contributed by atoms with Crippen molar-refractivity contribution in [2.24, 2.45) is 5.92 Å².